The quantitative estimate of drug-likeness (QED) is 0.361. The summed E-state index contributed by atoms with van der Waals surface area (Å²) in [7, 11) is -4.62. The lowest BCUT2D eigenvalue weighted by Gasteiger charge is -2.39. The molecule has 8 nitrogen and oxygen atoms in total. The Morgan fingerprint density at radius 3 is 2.10 bits per heavy atom. The van der Waals surface area contributed by atoms with E-state index in [4.69, 9.17) is 5.73 Å². The van der Waals surface area contributed by atoms with Crippen molar-refractivity contribution in [3.8, 4) is 0 Å². The van der Waals surface area contributed by atoms with Crippen LogP contribution in [0.4, 0.5) is 36.4 Å². The highest BCUT2D eigenvalue weighted by atomic mass is 32.2. The summed E-state index contributed by atoms with van der Waals surface area (Å²) in [4.78, 5) is 12.0. The zero-order valence-corrected chi connectivity index (χ0v) is 21.8. The van der Waals surface area contributed by atoms with Crippen LogP contribution >= 0.6 is 0 Å². The molecule has 2 aromatic rings. The van der Waals surface area contributed by atoms with E-state index in [2.05, 4.69) is 5.32 Å². The number of amides is 1. The SMILES string of the molecule is CC(C)(O)C(N)C(=O)NCC1CCc2cc(C(O)(C(F)(F)F)C(F)(F)F)ccc2N1S(=O)(=O)c1ccc(F)cc1. The van der Waals surface area contributed by atoms with E-state index in [9.17, 15) is 54.2 Å². The number of fused-ring (bicyclic) bond motifs is 1. The van der Waals surface area contributed by atoms with Gasteiger partial charge in [0.2, 0.25) is 5.91 Å². The first-order valence-electron chi connectivity index (χ1n) is 11.7. The number of rotatable bonds is 7. The molecule has 222 valence electrons. The molecule has 40 heavy (non-hydrogen) atoms. The molecule has 16 heteroatoms. The van der Waals surface area contributed by atoms with Crippen LogP contribution in [0.25, 0.3) is 0 Å². The van der Waals surface area contributed by atoms with Crippen LogP contribution in [0, 0.1) is 5.82 Å². The van der Waals surface area contributed by atoms with Crippen molar-refractivity contribution < 1.29 is 54.2 Å². The summed E-state index contributed by atoms with van der Waals surface area (Å²) >= 11 is 0. The number of aliphatic hydroxyl groups is 2. The molecule has 0 aliphatic carbocycles. The molecule has 0 saturated carbocycles. The fourth-order valence-electron chi connectivity index (χ4n) is 4.23. The number of carbonyl (C=O) groups excluding carboxylic acids is 1. The highest BCUT2D eigenvalue weighted by Gasteiger charge is 2.71. The van der Waals surface area contributed by atoms with E-state index in [1.165, 1.54) is 13.8 Å². The molecule has 1 heterocycles. The van der Waals surface area contributed by atoms with Gasteiger partial charge in [-0.3, -0.25) is 9.10 Å². The first-order chi connectivity index (χ1) is 18.1. The molecule has 3 rings (SSSR count). The normalized spacial score (nSPS) is 17.8. The minimum Gasteiger partial charge on any atom is -0.388 e. The first-order valence-corrected chi connectivity index (χ1v) is 13.1. The molecule has 2 unspecified atom stereocenters. The van der Waals surface area contributed by atoms with Gasteiger partial charge < -0.3 is 21.3 Å². The summed E-state index contributed by atoms with van der Waals surface area (Å²) < 4.78 is 122. The number of sulfonamides is 1. The molecule has 0 fully saturated rings. The molecule has 0 spiro atoms. The molecular weight excluding hydrogens is 575 g/mol. The summed E-state index contributed by atoms with van der Waals surface area (Å²) in [5.41, 5.74) is -3.30. The van der Waals surface area contributed by atoms with Crippen LogP contribution in [-0.2, 0) is 26.8 Å². The van der Waals surface area contributed by atoms with Gasteiger partial charge in [-0.1, -0.05) is 12.1 Å². The highest BCUT2D eigenvalue weighted by Crippen LogP contribution is 2.51. The third-order valence-electron chi connectivity index (χ3n) is 6.56. The monoisotopic (exact) mass is 601 g/mol. The van der Waals surface area contributed by atoms with E-state index in [0.717, 1.165) is 24.3 Å². The smallest absolute Gasteiger partial charge is 0.388 e. The predicted octanol–water partition coefficient (Wildman–Crippen LogP) is 2.86. The van der Waals surface area contributed by atoms with Crippen molar-refractivity contribution in [2.75, 3.05) is 10.8 Å². The molecule has 1 aliphatic heterocycles. The zero-order valence-electron chi connectivity index (χ0n) is 21.0. The molecule has 0 aromatic heterocycles. The number of nitrogens with one attached hydrogen (secondary N) is 1. The van der Waals surface area contributed by atoms with Gasteiger partial charge in [-0.15, -0.1) is 0 Å². The van der Waals surface area contributed by atoms with E-state index >= 15 is 0 Å². The Bertz CT molecular complexity index is 1340. The second kappa shape index (κ2) is 10.5. The summed E-state index contributed by atoms with van der Waals surface area (Å²) in [6, 6.07) is 2.43. The Morgan fingerprint density at radius 2 is 1.60 bits per heavy atom. The van der Waals surface area contributed by atoms with E-state index in [0.29, 0.717) is 22.5 Å². The molecule has 0 saturated heterocycles. The van der Waals surface area contributed by atoms with Crippen LogP contribution in [0.5, 0.6) is 0 Å². The number of nitrogens with two attached hydrogens (primary N) is 1. The summed E-state index contributed by atoms with van der Waals surface area (Å²) in [5.74, 6) is -1.63. The first kappa shape index (κ1) is 31.6. The number of alkyl halides is 6. The fourth-order valence-corrected chi connectivity index (χ4v) is 5.95. The van der Waals surface area contributed by atoms with Crippen LogP contribution in [0.2, 0.25) is 0 Å². The van der Waals surface area contributed by atoms with E-state index in [1.54, 1.807) is 0 Å². The molecular formula is C24H26F7N3O5S. The van der Waals surface area contributed by atoms with Gasteiger partial charge in [0.1, 0.15) is 11.9 Å². The van der Waals surface area contributed by atoms with Gasteiger partial charge in [-0.25, -0.2) is 12.8 Å². The number of anilines is 1. The van der Waals surface area contributed by atoms with Crippen LogP contribution in [0.3, 0.4) is 0 Å². The number of aryl methyl sites for hydroxylation is 1. The number of halogens is 7. The van der Waals surface area contributed by atoms with Gasteiger partial charge in [0.25, 0.3) is 15.6 Å². The molecule has 1 amide bonds. The van der Waals surface area contributed by atoms with Crippen molar-refractivity contribution in [3.05, 3.63) is 59.4 Å². The maximum absolute atomic E-state index is 13.6. The van der Waals surface area contributed by atoms with Crippen LogP contribution < -0.4 is 15.4 Å². The molecule has 2 atom stereocenters. The minimum absolute atomic E-state index is 0.189. The average Bonchev–Trinajstić information content (AvgIpc) is 2.83. The molecule has 0 bridgehead atoms. The lowest BCUT2D eigenvalue weighted by atomic mass is 9.88. The fraction of sp³-hybridized carbons (Fsp3) is 0.458. The zero-order chi connectivity index (χ0) is 30.5. The lowest BCUT2D eigenvalue weighted by Crippen LogP contribution is -2.56. The largest absolute Gasteiger partial charge is 0.430 e. The second-order valence-electron chi connectivity index (χ2n) is 9.87. The van der Waals surface area contributed by atoms with Crippen molar-refractivity contribution in [2.45, 2.75) is 67.2 Å². The Kier molecular flexibility index (Phi) is 8.26. The van der Waals surface area contributed by atoms with Crippen molar-refractivity contribution in [2.24, 2.45) is 5.73 Å². The number of hydrogen-bond donors (Lipinski definition) is 4. The van der Waals surface area contributed by atoms with Gasteiger partial charge in [-0.05, 0) is 62.6 Å². The summed E-state index contributed by atoms with van der Waals surface area (Å²) in [6.07, 6.45) is -12.7. The molecule has 0 radical (unpaired) electrons. The van der Waals surface area contributed by atoms with Gasteiger partial charge >= 0.3 is 12.4 Å². The van der Waals surface area contributed by atoms with E-state index in [1.807, 2.05) is 0 Å². The van der Waals surface area contributed by atoms with Crippen LogP contribution in [0.15, 0.2) is 47.4 Å². The maximum atomic E-state index is 13.6. The number of carbonyl (C=O) groups is 1. The Balaban J connectivity index is 2.11. The number of hydrogen-bond acceptors (Lipinski definition) is 6. The van der Waals surface area contributed by atoms with Gasteiger partial charge in [0.05, 0.1) is 22.2 Å². The van der Waals surface area contributed by atoms with Crippen molar-refractivity contribution in [1.29, 1.82) is 0 Å². The molecule has 2 aromatic carbocycles. The van der Waals surface area contributed by atoms with E-state index < -0.39 is 74.4 Å². The Labute approximate surface area is 224 Å². The minimum atomic E-state index is -6.15. The second-order valence-corrected chi connectivity index (χ2v) is 11.7. The van der Waals surface area contributed by atoms with Gasteiger partial charge in [0, 0.05) is 12.1 Å². The van der Waals surface area contributed by atoms with Crippen molar-refractivity contribution in [1.82, 2.24) is 5.32 Å². The van der Waals surface area contributed by atoms with Gasteiger partial charge in [0.15, 0.2) is 0 Å². The van der Waals surface area contributed by atoms with E-state index in [-0.39, 0.29) is 24.1 Å². The summed E-state index contributed by atoms with van der Waals surface area (Å²) in [5, 5.41) is 22.2. The molecule has 1 aliphatic rings. The number of benzene rings is 2. The highest BCUT2D eigenvalue weighted by molar-refractivity contribution is 7.92. The number of nitrogens with zero attached hydrogens (tertiary/aromatic N) is 1. The summed E-state index contributed by atoms with van der Waals surface area (Å²) in [6.45, 7) is 2.12. The Morgan fingerprint density at radius 1 is 1.05 bits per heavy atom. The third kappa shape index (κ3) is 5.75. The van der Waals surface area contributed by atoms with Crippen molar-refractivity contribution in [3.63, 3.8) is 0 Å². The Hall–Kier alpha value is -2.95. The van der Waals surface area contributed by atoms with Crippen LogP contribution in [0.1, 0.15) is 31.4 Å². The lowest BCUT2D eigenvalue weighted by molar-refractivity contribution is -0.376. The third-order valence-corrected chi connectivity index (χ3v) is 8.44. The maximum Gasteiger partial charge on any atom is 0.430 e. The molecule has 5 N–H and O–H groups in total. The van der Waals surface area contributed by atoms with Crippen molar-refractivity contribution >= 4 is 21.6 Å². The van der Waals surface area contributed by atoms with Gasteiger partial charge in [-0.2, -0.15) is 26.3 Å². The predicted molar refractivity (Wildman–Crippen MR) is 128 cm³/mol. The average molecular weight is 602 g/mol. The topological polar surface area (TPSA) is 133 Å². The standard InChI is InChI=1S/C24H26F7N3O5S/c1-21(2,36)19(32)20(35)33-12-16-7-3-13-11-14(22(37,23(26,27)28)24(29,30)31)4-10-18(13)34(16)40(38,39)17-8-5-15(25)6-9-17/h4-6,8-11,16,19,36-37H,3,7,12,32H2,1-2H3,(H,33,35). The van der Waals surface area contributed by atoms with Crippen LogP contribution in [-0.4, -0.2) is 61.1 Å².